The van der Waals surface area contributed by atoms with Gasteiger partial charge in [-0.15, -0.1) is 0 Å². The molecule has 53 heavy (non-hydrogen) atoms. The molecule has 3 unspecified atom stereocenters. The first-order valence-electron chi connectivity index (χ1n) is 22.0. The Morgan fingerprint density at radius 3 is 1.43 bits per heavy atom. The van der Waals surface area contributed by atoms with Crippen molar-refractivity contribution >= 4 is 11.9 Å². The van der Waals surface area contributed by atoms with Gasteiger partial charge in [-0.05, 0) is 44.9 Å². The molecule has 0 aliphatic heterocycles. The molecule has 6 nitrogen and oxygen atoms in total. The molecule has 306 valence electrons. The summed E-state index contributed by atoms with van der Waals surface area (Å²) >= 11 is 0. The topological polar surface area (TPSA) is 95.9 Å². The average molecular weight is 742 g/mol. The number of carbonyl (C=O) groups excluding carboxylic acids is 2. The SMILES string of the molecule is CC/C=C\C/C=C\C/C=C\C/C=C\C/C=C\CC(CC(=O)NC(CO)C(O)CCCCCCCCCCC)OC(=O)CCCCCCCCCCCC. The van der Waals surface area contributed by atoms with Crippen LogP contribution in [-0.2, 0) is 14.3 Å². The predicted octanol–water partition coefficient (Wildman–Crippen LogP) is 12.5. The fourth-order valence-corrected chi connectivity index (χ4v) is 6.27. The van der Waals surface area contributed by atoms with Crippen molar-refractivity contribution < 1.29 is 24.5 Å². The number of hydrogen-bond acceptors (Lipinski definition) is 5. The highest BCUT2D eigenvalue weighted by Gasteiger charge is 2.23. The van der Waals surface area contributed by atoms with Gasteiger partial charge in [-0.25, -0.2) is 0 Å². The van der Waals surface area contributed by atoms with Gasteiger partial charge < -0.3 is 20.3 Å². The van der Waals surface area contributed by atoms with E-state index in [0.717, 1.165) is 70.6 Å². The van der Waals surface area contributed by atoms with E-state index in [-0.39, 0.29) is 24.9 Å². The Morgan fingerprint density at radius 2 is 0.981 bits per heavy atom. The van der Waals surface area contributed by atoms with E-state index in [4.69, 9.17) is 4.74 Å². The van der Waals surface area contributed by atoms with Gasteiger partial charge >= 0.3 is 5.97 Å². The number of rotatable bonds is 38. The van der Waals surface area contributed by atoms with Crippen LogP contribution in [0.1, 0.15) is 201 Å². The monoisotopic (exact) mass is 742 g/mol. The number of amides is 1. The lowest BCUT2D eigenvalue weighted by Gasteiger charge is -2.24. The number of unbranched alkanes of at least 4 members (excludes halogenated alkanes) is 17. The molecule has 0 fully saturated rings. The number of aliphatic hydroxyl groups is 2. The van der Waals surface area contributed by atoms with Gasteiger partial charge in [-0.3, -0.25) is 9.59 Å². The zero-order valence-corrected chi connectivity index (χ0v) is 34.6. The van der Waals surface area contributed by atoms with Gasteiger partial charge in [0.05, 0.1) is 25.2 Å². The number of hydrogen-bond donors (Lipinski definition) is 3. The first-order chi connectivity index (χ1) is 26.0. The largest absolute Gasteiger partial charge is 0.461 e. The third-order valence-electron chi connectivity index (χ3n) is 9.61. The third-order valence-corrected chi connectivity index (χ3v) is 9.61. The number of ether oxygens (including phenoxy) is 1. The highest BCUT2D eigenvalue weighted by Crippen LogP contribution is 2.15. The smallest absolute Gasteiger partial charge is 0.306 e. The first-order valence-corrected chi connectivity index (χ1v) is 22.0. The van der Waals surface area contributed by atoms with Gasteiger partial charge in [0.2, 0.25) is 5.91 Å². The molecule has 0 saturated carbocycles. The summed E-state index contributed by atoms with van der Waals surface area (Å²) in [5, 5.41) is 23.5. The molecule has 0 aromatic carbocycles. The van der Waals surface area contributed by atoms with Gasteiger partial charge in [-0.2, -0.15) is 0 Å². The zero-order chi connectivity index (χ0) is 38.9. The molecule has 0 saturated heterocycles. The molecule has 1 amide bonds. The number of allylic oxidation sites excluding steroid dienone is 9. The maximum atomic E-state index is 13.1. The normalized spacial score (nSPS) is 14.0. The van der Waals surface area contributed by atoms with Crippen LogP contribution >= 0.6 is 0 Å². The standard InChI is InChI=1S/C47H83NO5/c1-4-7-10-13-16-19-21-22-23-24-25-27-29-32-35-38-43(53-47(52)40-37-34-31-28-20-17-14-11-8-5-2)41-46(51)48-44(42-49)45(50)39-36-33-30-26-18-15-12-9-6-3/h7,10,16,19,22-23,25,27,32,35,43-45,49-50H,4-6,8-9,11-15,17-18,20-21,24,26,28-31,33-34,36-42H2,1-3H3,(H,48,51)/b10-7-,19-16-,23-22-,27-25-,35-32-. The first kappa shape index (κ1) is 50.6. The maximum absolute atomic E-state index is 13.1. The van der Waals surface area contributed by atoms with Gasteiger partial charge in [0, 0.05) is 12.8 Å². The van der Waals surface area contributed by atoms with Crippen LogP contribution in [0.4, 0.5) is 0 Å². The molecule has 0 spiro atoms. The van der Waals surface area contributed by atoms with Crippen LogP contribution in [0.25, 0.3) is 0 Å². The molecular weight excluding hydrogens is 659 g/mol. The summed E-state index contributed by atoms with van der Waals surface area (Å²) in [6.45, 7) is 6.28. The Balaban J connectivity index is 4.79. The maximum Gasteiger partial charge on any atom is 0.306 e. The van der Waals surface area contributed by atoms with Crippen LogP contribution in [0.5, 0.6) is 0 Å². The summed E-state index contributed by atoms with van der Waals surface area (Å²) in [7, 11) is 0. The average Bonchev–Trinajstić information content (AvgIpc) is 3.15. The van der Waals surface area contributed by atoms with E-state index in [9.17, 15) is 19.8 Å². The van der Waals surface area contributed by atoms with Crippen LogP contribution in [0.2, 0.25) is 0 Å². The second kappa shape index (κ2) is 40.7. The van der Waals surface area contributed by atoms with Crippen molar-refractivity contribution in [2.75, 3.05) is 6.61 Å². The van der Waals surface area contributed by atoms with E-state index >= 15 is 0 Å². The van der Waals surface area contributed by atoms with Gasteiger partial charge in [-0.1, -0.05) is 197 Å². The summed E-state index contributed by atoms with van der Waals surface area (Å²) in [6.07, 6.45) is 48.7. The molecule has 0 aliphatic rings. The van der Waals surface area contributed by atoms with Crippen molar-refractivity contribution in [2.45, 2.75) is 219 Å². The number of aliphatic hydroxyl groups excluding tert-OH is 2. The molecule has 3 N–H and O–H groups in total. The molecule has 0 aliphatic carbocycles. The summed E-state index contributed by atoms with van der Waals surface area (Å²) in [4.78, 5) is 25.9. The molecule has 0 aromatic rings. The van der Waals surface area contributed by atoms with Crippen LogP contribution in [-0.4, -0.2) is 46.9 Å². The second-order valence-corrected chi connectivity index (χ2v) is 14.7. The van der Waals surface area contributed by atoms with Gasteiger partial charge in [0.15, 0.2) is 0 Å². The minimum Gasteiger partial charge on any atom is -0.461 e. The highest BCUT2D eigenvalue weighted by atomic mass is 16.5. The third kappa shape index (κ3) is 36.3. The van der Waals surface area contributed by atoms with E-state index in [1.165, 1.54) is 83.5 Å². The fourth-order valence-electron chi connectivity index (χ4n) is 6.27. The van der Waals surface area contributed by atoms with Gasteiger partial charge in [0.1, 0.15) is 6.10 Å². The Kier molecular flexibility index (Phi) is 38.9. The minimum atomic E-state index is -0.809. The van der Waals surface area contributed by atoms with Crippen molar-refractivity contribution in [3.63, 3.8) is 0 Å². The van der Waals surface area contributed by atoms with E-state index in [0.29, 0.717) is 19.3 Å². The number of nitrogens with one attached hydrogen (secondary N) is 1. The Bertz CT molecular complexity index is 968. The van der Waals surface area contributed by atoms with Crippen LogP contribution < -0.4 is 5.32 Å². The van der Waals surface area contributed by atoms with Gasteiger partial charge in [0.25, 0.3) is 0 Å². The molecule has 0 heterocycles. The van der Waals surface area contributed by atoms with E-state index in [1.807, 2.05) is 12.2 Å². The predicted molar refractivity (Wildman–Crippen MR) is 227 cm³/mol. The van der Waals surface area contributed by atoms with Crippen LogP contribution in [0.3, 0.4) is 0 Å². The lowest BCUT2D eigenvalue weighted by molar-refractivity contribution is -0.150. The Labute approximate surface area is 327 Å². The molecule has 0 radical (unpaired) electrons. The van der Waals surface area contributed by atoms with E-state index < -0.39 is 18.2 Å². The molecular formula is C47H83NO5. The molecule has 0 aromatic heterocycles. The Hall–Kier alpha value is -2.44. The fraction of sp³-hybridized carbons (Fsp3) is 0.745. The molecule has 0 rings (SSSR count). The highest BCUT2D eigenvalue weighted by molar-refractivity contribution is 5.77. The summed E-state index contributed by atoms with van der Waals surface area (Å²) in [5.41, 5.74) is 0. The second-order valence-electron chi connectivity index (χ2n) is 14.7. The summed E-state index contributed by atoms with van der Waals surface area (Å²) < 4.78 is 5.82. The van der Waals surface area contributed by atoms with Crippen molar-refractivity contribution in [3.8, 4) is 0 Å². The zero-order valence-electron chi connectivity index (χ0n) is 34.6. The summed E-state index contributed by atoms with van der Waals surface area (Å²) in [6, 6.07) is -0.728. The lowest BCUT2D eigenvalue weighted by atomic mass is 10.0. The van der Waals surface area contributed by atoms with E-state index in [1.54, 1.807) is 0 Å². The van der Waals surface area contributed by atoms with Crippen molar-refractivity contribution in [2.24, 2.45) is 0 Å². The molecule has 0 bridgehead atoms. The lowest BCUT2D eigenvalue weighted by Crippen LogP contribution is -2.46. The number of carbonyl (C=O) groups is 2. The molecule has 3 atom stereocenters. The minimum absolute atomic E-state index is 0.000661. The Morgan fingerprint density at radius 1 is 0.566 bits per heavy atom. The van der Waals surface area contributed by atoms with Crippen LogP contribution in [0.15, 0.2) is 60.8 Å². The number of esters is 1. The van der Waals surface area contributed by atoms with Crippen molar-refractivity contribution in [3.05, 3.63) is 60.8 Å². The van der Waals surface area contributed by atoms with Crippen molar-refractivity contribution in [1.82, 2.24) is 5.32 Å². The van der Waals surface area contributed by atoms with E-state index in [2.05, 4.69) is 74.7 Å². The van der Waals surface area contributed by atoms with Crippen LogP contribution in [0, 0.1) is 0 Å². The quantitative estimate of drug-likeness (QED) is 0.0333. The molecule has 6 heteroatoms. The van der Waals surface area contributed by atoms with Crippen molar-refractivity contribution in [1.29, 1.82) is 0 Å². The summed E-state index contributed by atoms with van der Waals surface area (Å²) in [5.74, 6) is -0.585.